The third kappa shape index (κ3) is 4.53. The van der Waals surface area contributed by atoms with E-state index < -0.39 is 0 Å². The molecular weight excluding hydrogens is 377 g/mol. The van der Waals surface area contributed by atoms with Gasteiger partial charge in [0.05, 0.1) is 23.6 Å². The number of aromatic nitrogens is 2. The van der Waals surface area contributed by atoms with E-state index in [0.29, 0.717) is 22.2 Å². The molecule has 6 nitrogen and oxygen atoms in total. The molecule has 8 heteroatoms. The Hall–Kier alpha value is -2.57. The SMILES string of the molecule is CCOc1ccc(CC(=O)Nc2nnc(-c3cc(Cl)ccc3Cl)o2)cc1. The second-order valence-electron chi connectivity index (χ2n) is 5.34. The normalized spacial score (nSPS) is 10.6. The van der Waals surface area contributed by atoms with E-state index in [9.17, 15) is 4.79 Å². The molecule has 0 atom stereocenters. The van der Waals surface area contributed by atoms with Crippen molar-refractivity contribution in [1.29, 1.82) is 0 Å². The summed E-state index contributed by atoms with van der Waals surface area (Å²) in [5.41, 5.74) is 1.34. The van der Waals surface area contributed by atoms with Crippen LogP contribution in [0.15, 0.2) is 46.9 Å². The molecule has 1 heterocycles. The van der Waals surface area contributed by atoms with Crippen LogP contribution in [0.1, 0.15) is 12.5 Å². The number of benzene rings is 2. The minimum atomic E-state index is -0.276. The van der Waals surface area contributed by atoms with Gasteiger partial charge in [-0.05, 0) is 42.8 Å². The van der Waals surface area contributed by atoms with Gasteiger partial charge in [-0.2, -0.15) is 0 Å². The minimum absolute atomic E-state index is 0.00743. The molecule has 3 aromatic rings. The maximum absolute atomic E-state index is 12.1. The van der Waals surface area contributed by atoms with E-state index in [0.717, 1.165) is 11.3 Å². The highest BCUT2D eigenvalue weighted by Gasteiger charge is 2.14. The number of amides is 1. The van der Waals surface area contributed by atoms with E-state index >= 15 is 0 Å². The van der Waals surface area contributed by atoms with E-state index in [1.54, 1.807) is 18.2 Å². The standard InChI is InChI=1S/C18H15Cl2N3O3/c1-2-25-13-6-3-11(4-7-13)9-16(24)21-18-23-22-17(26-18)14-10-12(19)5-8-15(14)20/h3-8,10H,2,9H2,1H3,(H,21,23,24). The summed E-state index contributed by atoms with van der Waals surface area (Å²) in [6, 6.07) is 12.2. The maximum atomic E-state index is 12.1. The molecule has 0 aliphatic carbocycles. The first-order valence-electron chi connectivity index (χ1n) is 7.85. The molecule has 1 aromatic heterocycles. The van der Waals surface area contributed by atoms with Crippen molar-refractivity contribution in [2.24, 2.45) is 0 Å². The van der Waals surface area contributed by atoms with E-state index in [4.69, 9.17) is 32.4 Å². The quantitative estimate of drug-likeness (QED) is 0.662. The number of ether oxygens (including phenoxy) is 1. The average Bonchev–Trinajstić information content (AvgIpc) is 3.07. The van der Waals surface area contributed by atoms with Crippen LogP contribution in [0, 0.1) is 0 Å². The first kappa shape index (κ1) is 18.2. The molecule has 26 heavy (non-hydrogen) atoms. The highest BCUT2D eigenvalue weighted by molar-refractivity contribution is 6.35. The third-order valence-corrected chi connectivity index (χ3v) is 3.99. The fourth-order valence-corrected chi connectivity index (χ4v) is 2.63. The van der Waals surface area contributed by atoms with Crippen molar-refractivity contribution in [2.75, 3.05) is 11.9 Å². The van der Waals surface area contributed by atoms with Crippen molar-refractivity contribution in [1.82, 2.24) is 10.2 Å². The van der Waals surface area contributed by atoms with Gasteiger partial charge < -0.3 is 9.15 Å². The monoisotopic (exact) mass is 391 g/mol. The summed E-state index contributed by atoms with van der Waals surface area (Å²) in [6.45, 7) is 2.51. The summed E-state index contributed by atoms with van der Waals surface area (Å²) in [5, 5.41) is 11.2. The highest BCUT2D eigenvalue weighted by atomic mass is 35.5. The molecule has 0 bridgehead atoms. The molecule has 0 saturated carbocycles. The average molecular weight is 392 g/mol. The Kier molecular flexibility index (Phi) is 5.75. The Bertz CT molecular complexity index is 910. The smallest absolute Gasteiger partial charge is 0.322 e. The van der Waals surface area contributed by atoms with Gasteiger partial charge in [0.2, 0.25) is 5.91 Å². The van der Waals surface area contributed by atoms with Gasteiger partial charge in [-0.3, -0.25) is 10.1 Å². The van der Waals surface area contributed by atoms with Crippen molar-refractivity contribution in [3.63, 3.8) is 0 Å². The van der Waals surface area contributed by atoms with E-state index in [2.05, 4.69) is 15.5 Å². The van der Waals surface area contributed by atoms with E-state index in [-0.39, 0.29) is 24.2 Å². The Morgan fingerprint density at radius 2 is 1.92 bits per heavy atom. The van der Waals surface area contributed by atoms with Crippen LogP contribution in [-0.2, 0) is 11.2 Å². The van der Waals surface area contributed by atoms with Crippen LogP contribution in [0.4, 0.5) is 6.01 Å². The first-order chi connectivity index (χ1) is 12.5. The van der Waals surface area contributed by atoms with Gasteiger partial charge in [0.15, 0.2) is 0 Å². The summed E-state index contributed by atoms with van der Waals surface area (Å²) < 4.78 is 10.8. The molecule has 0 aliphatic heterocycles. The van der Waals surface area contributed by atoms with Crippen LogP contribution in [0.3, 0.4) is 0 Å². The van der Waals surface area contributed by atoms with Gasteiger partial charge in [-0.1, -0.05) is 40.4 Å². The summed E-state index contributed by atoms with van der Waals surface area (Å²) in [7, 11) is 0. The Morgan fingerprint density at radius 3 is 2.65 bits per heavy atom. The fourth-order valence-electron chi connectivity index (χ4n) is 2.26. The number of nitrogens with zero attached hydrogens (tertiary/aromatic N) is 2. The van der Waals surface area contributed by atoms with Crippen molar-refractivity contribution in [2.45, 2.75) is 13.3 Å². The lowest BCUT2D eigenvalue weighted by Crippen LogP contribution is -2.14. The maximum Gasteiger partial charge on any atom is 0.322 e. The number of carbonyl (C=O) groups is 1. The van der Waals surface area contributed by atoms with Crippen LogP contribution < -0.4 is 10.1 Å². The van der Waals surface area contributed by atoms with Crippen molar-refractivity contribution in [3.05, 3.63) is 58.1 Å². The lowest BCUT2D eigenvalue weighted by molar-refractivity contribution is -0.115. The van der Waals surface area contributed by atoms with Crippen LogP contribution in [0.25, 0.3) is 11.5 Å². The predicted molar refractivity (Wildman–Crippen MR) is 99.7 cm³/mol. The highest BCUT2D eigenvalue weighted by Crippen LogP contribution is 2.30. The summed E-state index contributed by atoms with van der Waals surface area (Å²) in [6.07, 6.45) is 0.169. The van der Waals surface area contributed by atoms with Gasteiger partial charge in [0.1, 0.15) is 5.75 Å². The molecule has 2 aromatic carbocycles. The number of hydrogen-bond donors (Lipinski definition) is 1. The van der Waals surface area contributed by atoms with Crippen LogP contribution in [-0.4, -0.2) is 22.7 Å². The molecule has 0 fully saturated rings. The third-order valence-electron chi connectivity index (χ3n) is 3.43. The predicted octanol–water partition coefficient (Wildman–Crippen LogP) is 4.62. The number of anilines is 1. The van der Waals surface area contributed by atoms with Crippen molar-refractivity contribution in [3.8, 4) is 17.2 Å². The molecule has 134 valence electrons. The molecule has 3 rings (SSSR count). The van der Waals surface area contributed by atoms with Gasteiger partial charge >= 0.3 is 6.01 Å². The summed E-state index contributed by atoms with van der Waals surface area (Å²) >= 11 is 12.1. The topological polar surface area (TPSA) is 77.2 Å². The Labute approximate surface area is 160 Å². The van der Waals surface area contributed by atoms with Crippen LogP contribution in [0.5, 0.6) is 5.75 Å². The zero-order valence-electron chi connectivity index (χ0n) is 13.8. The Balaban J connectivity index is 1.65. The van der Waals surface area contributed by atoms with Crippen LogP contribution in [0.2, 0.25) is 10.0 Å². The lowest BCUT2D eigenvalue weighted by atomic mass is 10.1. The number of halogens is 2. The van der Waals surface area contributed by atoms with E-state index in [1.165, 1.54) is 0 Å². The number of nitrogens with one attached hydrogen (secondary N) is 1. The Morgan fingerprint density at radius 1 is 1.15 bits per heavy atom. The van der Waals surface area contributed by atoms with Crippen molar-refractivity contribution < 1.29 is 13.9 Å². The minimum Gasteiger partial charge on any atom is -0.494 e. The zero-order valence-corrected chi connectivity index (χ0v) is 15.3. The van der Waals surface area contributed by atoms with Crippen LogP contribution >= 0.6 is 23.2 Å². The lowest BCUT2D eigenvalue weighted by Gasteiger charge is -2.04. The van der Waals surface area contributed by atoms with Crippen molar-refractivity contribution >= 4 is 35.1 Å². The van der Waals surface area contributed by atoms with Gasteiger partial charge in [-0.25, -0.2) is 0 Å². The number of carbonyl (C=O) groups excluding carboxylic acids is 1. The molecule has 0 aliphatic rings. The number of hydrogen-bond acceptors (Lipinski definition) is 5. The van der Waals surface area contributed by atoms with Gasteiger partial charge in [0.25, 0.3) is 5.89 Å². The second kappa shape index (κ2) is 8.21. The zero-order chi connectivity index (χ0) is 18.5. The second-order valence-corrected chi connectivity index (χ2v) is 6.18. The summed E-state index contributed by atoms with van der Waals surface area (Å²) in [4.78, 5) is 12.1. The molecule has 0 radical (unpaired) electrons. The summed E-state index contributed by atoms with van der Waals surface area (Å²) in [5.74, 6) is 0.659. The first-order valence-corrected chi connectivity index (χ1v) is 8.61. The fraction of sp³-hybridized carbons (Fsp3) is 0.167. The molecule has 1 amide bonds. The van der Waals surface area contributed by atoms with E-state index in [1.807, 2.05) is 31.2 Å². The molecule has 1 N–H and O–H groups in total. The van der Waals surface area contributed by atoms with Gasteiger partial charge in [0, 0.05) is 5.02 Å². The molecule has 0 unspecified atom stereocenters. The largest absolute Gasteiger partial charge is 0.494 e. The van der Waals surface area contributed by atoms with Gasteiger partial charge in [-0.15, -0.1) is 5.10 Å². The molecular formula is C18H15Cl2N3O3. The molecule has 0 spiro atoms. The molecule has 0 saturated heterocycles. The number of rotatable bonds is 6.